The number of rotatable bonds is 7. The zero-order chi connectivity index (χ0) is 24.1. The van der Waals surface area contributed by atoms with Crippen LogP contribution in [0.2, 0.25) is 0 Å². The highest BCUT2D eigenvalue weighted by molar-refractivity contribution is 5.97. The molecule has 1 aliphatic carbocycles. The van der Waals surface area contributed by atoms with Gasteiger partial charge in [-0.3, -0.25) is 14.7 Å². The number of carbonyl (C=O) groups excluding carboxylic acids is 1. The zero-order valence-corrected chi connectivity index (χ0v) is 20.5. The Bertz CT molecular complexity index is 1010. The number of aliphatic hydroxyl groups is 1. The molecule has 7 heteroatoms. The molecule has 1 amide bonds. The molecule has 7 nitrogen and oxygen atoms in total. The van der Waals surface area contributed by atoms with Gasteiger partial charge in [0.05, 0.1) is 12.6 Å². The standard InChI is InChI=1S/C27H36N4O3/c1-19-15-31(20(2)18-32)27(33)24-12-23(22-9-5-4-6-10-22)14-29-26(24)34-25(19)17-30(3)16-21-8-7-11-28-13-21/h7-9,11-14,19-20,25,32H,4-6,10,15-18H2,1-3H3/t19-,20+,25-/m0/s1. The quantitative estimate of drug-likeness (QED) is 0.672. The average Bonchev–Trinajstić information content (AvgIpc) is 2.86. The van der Waals surface area contributed by atoms with Crippen molar-refractivity contribution in [3.8, 4) is 5.88 Å². The Balaban J connectivity index is 1.63. The van der Waals surface area contributed by atoms with Crippen molar-refractivity contribution in [1.82, 2.24) is 19.8 Å². The number of amides is 1. The molecule has 34 heavy (non-hydrogen) atoms. The highest BCUT2D eigenvalue weighted by Gasteiger charge is 2.34. The molecule has 1 aliphatic heterocycles. The van der Waals surface area contributed by atoms with Crippen LogP contribution < -0.4 is 4.74 Å². The van der Waals surface area contributed by atoms with Crippen LogP contribution in [0.4, 0.5) is 0 Å². The molecule has 2 aliphatic rings. The molecule has 0 aromatic carbocycles. The summed E-state index contributed by atoms with van der Waals surface area (Å²) in [6, 6.07) is 5.66. The number of hydrogen-bond acceptors (Lipinski definition) is 6. The maximum Gasteiger partial charge on any atom is 0.259 e. The van der Waals surface area contributed by atoms with Gasteiger partial charge in [-0.2, -0.15) is 0 Å². The van der Waals surface area contributed by atoms with Gasteiger partial charge in [0.15, 0.2) is 0 Å². The van der Waals surface area contributed by atoms with Crippen LogP contribution in [0, 0.1) is 5.92 Å². The maximum atomic E-state index is 13.6. The van der Waals surface area contributed by atoms with Gasteiger partial charge in [-0.15, -0.1) is 0 Å². The molecule has 0 unspecified atom stereocenters. The Labute approximate surface area is 202 Å². The maximum absolute atomic E-state index is 13.6. The normalized spacial score (nSPS) is 21.9. The molecule has 1 N–H and O–H groups in total. The third kappa shape index (κ3) is 5.65. The van der Waals surface area contributed by atoms with E-state index in [0.29, 0.717) is 24.5 Å². The van der Waals surface area contributed by atoms with Crippen molar-refractivity contribution in [2.45, 2.75) is 58.2 Å². The zero-order valence-electron chi connectivity index (χ0n) is 20.5. The molecular weight excluding hydrogens is 428 g/mol. The van der Waals surface area contributed by atoms with Gasteiger partial charge in [-0.25, -0.2) is 4.98 Å². The topological polar surface area (TPSA) is 78.8 Å². The average molecular weight is 465 g/mol. The summed E-state index contributed by atoms with van der Waals surface area (Å²) in [7, 11) is 2.06. The lowest BCUT2D eigenvalue weighted by atomic mass is 9.93. The first-order chi connectivity index (χ1) is 16.5. The smallest absolute Gasteiger partial charge is 0.259 e. The molecule has 0 bridgehead atoms. The van der Waals surface area contributed by atoms with Crippen molar-refractivity contribution in [1.29, 1.82) is 0 Å². The van der Waals surface area contributed by atoms with Gasteiger partial charge in [0, 0.05) is 44.1 Å². The summed E-state index contributed by atoms with van der Waals surface area (Å²) in [5, 5.41) is 9.87. The second-order valence-electron chi connectivity index (χ2n) is 9.73. The van der Waals surface area contributed by atoms with Crippen molar-refractivity contribution in [2.75, 3.05) is 26.7 Å². The van der Waals surface area contributed by atoms with Crippen LogP contribution >= 0.6 is 0 Å². The highest BCUT2D eigenvalue weighted by Crippen LogP contribution is 2.32. The van der Waals surface area contributed by atoms with Gasteiger partial charge in [-0.1, -0.05) is 19.1 Å². The molecule has 0 saturated heterocycles. The molecule has 182 valence electrons. The third-order valence-corrected chi connectivity index (χ3v) is 6.85. The molecule has 0 radical (unpaired) electrons. The van der Waals surface area contributed by atoms with Crippen LogP contribution in [0.5, 0.6) is 5.88 Å². The summed E-state index contributed by atoms with van der Waals surface area (Å²) in [4.78, 5) is 26.4. The molecule has 2 aromatic rings. The van der Waals surface area contributed by atoms with Gasteiger partial charge < -0.3 is 14.7 Å². The summed E-state index contributed by atoms with van der Waals surface area (Å²) in [6.07, 6.45) is 12.0. The lowest BCUT2D eigenvalue weighted by Crippen LogP contribution is -2.49. The number of allylic oxidation sites excluding steroid dienone is 2. The van der Waals surface area contributed by atoms with E-state index in [-0.39, 0.29) is 30.6 Å². The minimum Gasteiger partial charge on any atom is -0.472 e. The number of nitrogens with zero attached hydrogens (tertiary/aromatic N) is 4. The predicted octanol–water partition coefficient (Wildman–Crippen LogP) is 3.79. The van der Waals surface area contributed by atoms with E-state index in [4.69, 9.17) is 4.74 Å². The highest BCUT2D eigenvalue weighted by atomic mass is 16.5. The first-order valence-corrected chi connectivity index (χ1v) is 12.3. The molecule has 3 atom stereocenters. The third-order valence-electron chi connectivity index (χ3n) is 6.85. The van der Waals surface area contributed by atoms with Gasteiger partial charge in [0.25, 0.3) is 5.91 Å². The van der Waals surface area contributed by atoms with Gasteiger partial charge in [-0.05, 0) is 68.5 Å². The number of carbonyl (C=O) groups is 1. The van der Waals surface area contributed by atoms with E-state index in [2.05, 4.69) is 41.0 Å². The molecule has 0 spiro atoms. The molecule has 2 aromatic heterocycles. The summed E-state index contributed by atoms with van der Waals surface area (Å²) in [5.41, 5.74) is 3.86. The van der Waals surface area contributed by atoms with Crippen molar-refractivity contribution in [2.24, 2.45) is 5.92 Å². The van der Waals surface area contributed by atoms with E-state index >= 15 is 0 Å². The van der Waals surface area contributed by atoms with E-state index in [1.807, 2.05) is 31.5 Å². The number of aliphatic hydroxyl groups excluding tert-OH is 1. The second kappa shape index (κ2) is 11.1. The lowest BCUT2D eigenvalue weighted by Gasteiger charge is -2.37. The minimum absolute atomic E-state index is 0.0602. The van der Waals surface area contributed by atoms with Crippen LogP contribution in [0.1, 0.15) is 61.0 Å². The molecule has 4 rings (SSSR count). The summed E-state index contributed by atoms with van der Waals surface area (Å²) < 4.78 is 6.43. The van der Waals surface area contributed by atoms with Crippen LogP contribution in [0.15, 0.2) is 42.9 Å². The van der Waals surface area contributed by atoms with E-state index < -0.39 is 0 Å². The first-order valence-electron chi connectivity index (χ1n) is 12.3. The minimum atomic E-state index is -0.285. The van der Waals surface area contributed by atoms with E-state index in [0.717, 1.165) is 36.9 Å². The Morgan fingerprint density at radius 1 is 1.32 bits per heavy atom. The fraction of sp³-hybridized carbons (Fsp3) is 0.519. The van der Waals surface area contributed by atoms with Gasteiger partial charge >= 0.3 is 0 Å². The monoisotopic (exact) mass is 464 g/mol. The molecule has 3 heterocycles. The summed E-state index contributed by atoms with van der Waals surface area (Å²) in [5.74, 6) is 0.313. The van der Waals surface area contributed by atoms with Crippen molar-refractivity contribution < 1.29 is 14.6 Å². The number of fused-ring (bicyclic) bond motifs is 1. The van der Waals surface area contributed by atoms with Crippen molar-refractivity contribution in [3.63, 3.8) is 0 Å². The number of likely N-dealkylation sites (N-methyl/N-ethyl adjacent to an activating group) is 1. The van der Waals surface area contributed by atoms with Crippen LogP contribution in [0.25, 0.3) is 5.57 Å². The van der Waals surface area contributed by atoms with Crippen molar-refractivity contribution in [3.05, 3.63) is 59.6 Å². The van der Waals surface area contributed by atoms with Crippen LogP contribution in [-0.4, -0.2) is 69.7 Å². The fourth-order valence-corrected chi connectivity index (χ4v) is 4.77. The lowest BCUT2D eigenvalue weighted by molar-refractivity contribution is 0.0325. The summed E-state index contributed by atoms with van der Waals surface area (Å²) in [6.45, 7) is 5.84. The SMILES string of the molecule is C[C@H](CO)N1C[C@H](C)[C@H](CN(C)Cc2cccnc2)Oc2ncc(C3=CCCCC3)cc2C1=O. The Hall–Kier alpha value is -2.77. The summed E-state index contributed by atoms with van der Waals surface area (Å²) >= 11 is 0. The Morgan fingerprint density at radius 3 is 2.88 bits per heavy atom. The molecule has 0 fully saturated rings. The fourth-order valence-electron chi connectivity index (χ4n) is 4.77. The molecular formula is C27H36N4O3. The van der Waals surface area contributed by atoms with Crippen LogP contribution in [-0.2, 0) is 6.54 Å². The first kappa shape index (κ1) is 24.4. The number of aromatic nitrogens is 2. The van der Waals surface area contributed by atoms with Gasteiger partial charge in [0.1, 0.15) is 11.7 Å². The van der Waals surface area contributed by atoms with Gasteiger partial charge in [0.2, 0.25) is 5.88 Å². The van der Waals surface area contributed by atoms with E-state index in [1.54, 1.807) is 11.1 Å². The van der Waals surface area contributed by atoms with E-state index in [9.17, 15) is 9.90 Å². The molecule has 0 saturated carbocycles. The van der Waals surface area contributed by atoms with Crippen LogP contribution in [0.3, 0.4) is 0 Å². The number of ether oxygens (including phenoxy) is 1. The van der Waals surface area contributed by atoms with E-state index in [1.165, 1.54) is 12.0 Å². The number of hydrogen-bond donors (Lipinski definition) is 1. The Morgan fingerprint density at radius 2 is 2.18 bits per heavy atom. The Kier molecular flexibility index (Phi) is 7.95. The largest absolute Gasteiger partial charge is 0.472 e. The second-order valence-corrected chi connectivity index (χ2v) is 9.73. The number of pyridine rings is 2. The predicted molar refractivity (Wildman–Crippen MR) is 132 cm³/mol. The van der Waals surface area contributed by atoms with Crippen molar-refractivity contribution >= 4 is 11.5 Å².